The molecule has 2 aromatic heterocycles. The van der Waals surface area contributed by atoms with Crippen LogP contribution < -0.4 is 5.32 Å². The van der Waals surface area contributed by atoms with Crippen molar-refractivity contribution in [3.63, 3.8) is 0 Å². The minimum atomic E-state index is 0.879. The molecule has 0 bridgehead atoms. The molecule has 0 aliphatic heterocycles. The van der Waals surface area contributed by atoms with Crippen LogP contribution in [0, 0.1) is 0 Å². The van der Waals surface area contributed by atoms with Crippen LogP contribution >= 0.6 is 0 Å². The third-order valence-electron chi connectivity index (χ3n) is 2.31. The SMILES string of the molecule is CCNc1nccn1CCCn1ccnn1. The zero-order valence-electron chi connectivity index (χ0n) is 9.37. The van der Waals surface area contributed by atoms with Crippen LogP contribution in [0.2, 0.25) is 0 Å². The maximum absolute atomic E-state index is 4.24. The highest BCUT2D eigenvalue weighted by Crippen LogP contribution is 2.05. The zero-order valence-corrected chi connectivity index (χ0v) is 9.37. The molecule has 2 aromatic rings. The second kappa shape index (κ2) is 5.29. The van der Waals surface area contributed by atoms with E-state index in [0.717, 1.165) is 32.0 Å². The number of hydrogen-bond acceptors (Lipinski definition) is 4. The van der Waals surface area contributed by atoms with Gasteiger partial charge in [-0.1, -0.05) is 5.21 Å². The lowest BCUT2D eigenvalue weighted by atomic mass is 10.4. The van der Waals surface area contributed by atoms with E-state index in [0.29, 0.717) is 0 Å². The standard InChI is InChI=1S/C10H16N6/c1-2-11-10-12-4-8-15(10)6-3-7-16-9-5-13-14-16/h4-5,8-9H,2-3,6-7H2,1H3,(H,11,12). The minimum Gasteiger partial charge on any atom is -0.356 e. The summed E-state index contributed by atoms with van der Waals surface area (Å²) in [5.74, 6) is 0.932. The van der Waals surface area contributed by atoms with Crippen molar-refractivity contribution in [3.05, 3.63) is 24.8 Å². The van der Waals surface area contributed by atoms with Crippen LogP contribution in [0.3, 0.4) is 0 Å². The number of rotatable bonds is 6. The Morgan fingerprint density at radius 3 is 2.94 bits per heavy atom. The number of aryl methyl sites for hydroxylation is 2. The predicted molar refractivity (Wildman–Crippen MR) is 61.0 cm³/mol. The van der Waals surface area contributed by atoms with Gasteiger partial charge in [-0.15, -0.1) is 5.10 Å². The van der Waals surface area contributed by atoms with E-state index < -0.39 is 0 Å². The van der Waals surface area contributed by atoms with Crippen molar-refractivity contribution in [2.45, 2.75) is 26.4 Å². The van der Waals surface area contributed by atoms with E-state index in [1.54, 1.807) is 6.20 Å². The average molecular weight is 220 g/mol. The fraction of sp³-hybridized carbons (Fsp3) is 0.500. The van der Waals surface area contributed by atoms with Gasteiger partial charge in [-0.3, -0.25) is 4.68 Å². The Morgan fingerprint density at radius 1 is 1.25 bits per heavy atom. The summed E-state index contributed by atoms with van der Waals surface area (Å²) in [6.45, 7) is 4.76. The van der Waals surface area contributed by atoms with Crippen molar-refractivity contribution >= 4 is 5.95 Å². The van der Waals surface area contributed by atoms with E-state index in [2.05, 4.69) is 32.1 Å². The van der Waals surface area contributed by atoms with Gasteiger partial charge in [0.15, 0.2) is 0 Å². The van der Waals surface area contributed by atoms with Gasteiger partial charge in [0.25, 0.3) is 0 Å². The molecule has 0 aliphatic carbocycles. The molecule has 0 unspecified atom stereocenters. The summed E-state index contributed by atoms with van der Waals surface area (Å²) in [6, 6.07) is 0. The first-order valence-electron chi connectivity index (χ1n) is 5.49. The topological polar surface area (TPSA) is 60.6 Å². The van der Waals surface area contributed by atoms with Gasteiger partial charge in [0.1, 0.15) is 0 Å². The van der Waals surface area contributed by atoms with Crippen molar-refractivity contribution in [3.8, 4) is 0 Å². The van der Waals surface area contributed by atoms with Crippen LogP contribution in [0.4, 0.5) is 5.95 Å². The van der Waals surface area contributed by atoms with Crippen molar-refractivity contribution in [1.82, 2.24) is 24.5 Å². The lowest BCUT2D eigenvalue weighted by Crippen LogP contribution is -2.09. The third-order valence-corrected chi connectivity index (χ3v) is 2.31. The van der Waals surface area contributed by atoms with Crippen LogP contribution in [0.25, 0.3) is 0 Å². The van der Waals surface area contributed by atoms with Crippen LogP contribution in [-0.2, 0) is 13.1 Å². The molecule has 0 saturated carbocycles. The quantitative estimate of drug-likeness (QED) is 0.789. The van der Waals surface area contributed by atoms with Crippen LogP contribution in [0.1, 0.15) is 13.3 Å². The first-order chi connectivity index (χ1) is 7.90. The van der Waals surface area contributed by atoms with Gasteiger partial charge < -0.3 is 9.88 Å². The minimum absolute atomic E-state index is 0.879. The first-order valence-corrected chi connectivity index (χ1v) is 5.49. The number of nitrogens with one attached hydrogen (secondary N) is 1. The van der Waals surface area contributed by atoms with Gasteiger partial charge in [-0.25, -0.2) is 4.98 Å². The fourth-order valence-corrected chi connectivity index (χ4v) is 1.57. The molecule has 16 heavy (non-hydrogen) atoms. The molecule has 0 fully saturated rings. The molecular formula is C10H16N6. The molecule has 86 valence electrons. The van der Waals surface area contributed by atoms with Gasteiger partial charge in [0.05, 0.1) is 6.20 Å². The second-order valence-corrected chi connectivity index (χ2v) is 3.49. The Kier molecular flexibility index (Phi) is 3.53. The molecule has 0 aliphatic rings. The molecule has 6 nitrogen and oxygen atoms in total. The maximum Gasteiger partial charge on any atom is 0.202 e. The smallest absolute Gasteiger partial charge is 0.202 e. The lowest BCUT2D eigenvalue weighted by molar-refractivity contribution is 0.516. The molecule has 0 radical (unpaired) electrons. The Bertz CT molecular complexity index is 405. The largest absolute Gasteiger partial charge is 0.356 e. The molecule has 2 rings (SSSR count). The highest BCUT2D eigenvalue weighted by Gasteiger charge is 2.00. The molecular weight excluding hydrogens is 204 g/mol. The van der Waals surface area contributed by atoms with E-state index in [4.69, 9.17) is 0 Å². The summed E-state index contributed by atoms with van der Waals surface area (Å²) in [4.78, 5) is 4.24. The van der Waals surface area contributed by atoms with Gasteiger partial charge in [-0.05, 0) is 13.3 Å². The Morgan fingerprint density at radius 2 is 2.19 bits per heavy atom. The maximum atomic E-state index is 4.24. The normalized spacial score (nSPS) is 10.6. The van der Waals surface area contributed by atoms with Crippen molar-refractivity contribution < 1.29 is 0 Å². The summed E-state index contributed by atoms with van der Waals surface area (Å²) in [7, 11) is 0. The fourth-order valence-electron chi connectivity index (χ4n) is 1.57. The first kappa shape index (κ1) is 10.7. The summed E-state index contributed by atoms with van der Waals surface area (Å²) in [5, 5.41) is 10.9. The predicted octanol–water partition coefficient (Wildman–Crippen LogP) is 0.997. The molecule has 6 heteroatoms. The van der Waals surface area contributed by atoms with Crippen LogP contribution in [0.5, 0.6) is 0 Å². The van der Waals surface area contributed by atoms with E-state index in [9.17, 15) is 0 Å². The number of anilines is 1. The Balaban J connectivity index is 1.82. The average Bonchev–Trinajstić information content (AvgIpc) is 2.91. The monoisotopic (exact) mass is 220 g/mol. The summed E-state index contributed by atoms with van der Waals surface area (Å²) in [6.07, 6.45) is 8.38. The Labute approximate surface area is 94.3 Å². The Hall–Kier alpha value is -1.85. The molecule has 0 atom stereocenters. The number of hydrogen-bond donors (Lipinski definition) is 1. The van der Waals surface area contributed by atoms with Crippen molar-refractivity contribution in [2.24, 2.45) is 0 Å². The van der Waals surface area contributed by atoms with Crippen LogP contribution in [-0.4, -0.2) is 31.1 Å². The van der Waals surface area contributed by atoms with E-state index in [1.165, 1.54) is 0 Å². The van der Waals surface area contributed by atoms with Crippen molar-refractivity contribution in [1.29, 1.82) is 0 Å². The van der Waals surface area contributed by atoms with Gasteiger partial charge in [0.2, 0.25) is 5.95 Å². The van der Waals surface area contributed by atoms with Crippen LogP contribution in [0.15, 0.2) is 24.8 Å². The molecule has 1 N–H and O–H groups in total. The van der Waals surface area contributed by atoms with E-state index in [1.807, 2.05) is 23.3 Å². The second-order valence-electron chi connectivity index (χ2n) is 3.49. The van der Waals surface area contributed by atoms with Gasteiger partial charge >= 0.3 is 0 Å². The number of aromatic nitrogens is 5. The van der Waals surface area contributed by atoms with Gasteiger partial charge in [0, 0.05) is 38.2 Å². The third kappa shape index (κ3) is 2.59. The molecule has 0 spiro atoms. The summed E-state index contributed by atoms with van der Waals surface area (Å²) >= 11 is 0. The van der Waals surface area contributed by atoms with Gasteiger partial charge in [-0.2, -0.15) is 0 Å². The van der Waals surface area contributed by atoms with Crippen molar-refractivity contribution in [2.75, 3.05) is 11.9 Å². The highest BCUT2D eigenvalue weighted by atomic mass is 15.4. The molecule has 0 saturated heterocycles. The number of nitrogens with zero attached hydrogens (tertiary/aromatic N) is 5. The van der Waals surface area contributed by atoms with E-state index >= 15 is 0 Å². The summed E-state index contributed by atoms with van der Waals surface area (Å²) < 4.78 is 3.95. The van der Waals surface area contributed by atoms with E-state index in [-0.39, 0.29) is 0 Å². The number of imidazole rings is 1. The molecule has 0 aromatic carbocycles. The zero-order chi connectivity index (χ0) is 11.2. The highest BCUT2D eigenvalue weighted by molar-refractivity contribution is 5.25. The molecule has 2 heterocycles. The summed E-state index contributed by atoms with van der Waals surface area (Å²) in [5.41, 5.74) is 0. The molecule has 0 amide bonds. The lowest BCUT2D eigenvalue weighted by Gasteiger charge is -2.07.